The monoisotopic (exact) mass is 2310 g/mol. The summed E-state index contributed by atoms with van der Waals surface area (Å²) in [5.74, 6) is 2.15. The van der Waals surface area contributed by atoms with Crippen molar-refractivity contribution < 1.29 is 84.8 Å². The third kappa shape index (κ3) is 17.2. The van der Waals surface area contributed by atoms with Gasteiger partial charge in [0.25, 0.3) is 0 Å². The number of hydrogen-bond acceptors (Lipinski definition) is 4. The minimum absolute atomic E-state index is 0. The second kappa shape index (κ2) is 37.9. The molecule has 0 unspecified atom stereocenters. The maximum absolute atomic E-state index is 14.9. The Hall–Kier alpha value is -11.8. The van der Waals surface area contributed by atoms with Gasteiger partial charge in [0.05, 0.1) is 45.9 Å². The maximum Gasteiger partial charge on any atom is 0.0804 e. The average molecular weight is 2310 g/mol. The van der Waals surface area contributed by atoms with Crippen molar-refractivity contribution in [3.8, 4) is 107 Å². The standard InChI is InChI=1S/C36H28N3.C30H24FN2.C24H19N2.C19H17N2.4Ir/c1-24-12-7-8-17-29(24)32-23-38(35-25(2)13-11-14-26(35)3)36(37-32)27-20-21-34-31(22-27)30-18-9-10-19-33(30)39(34)28-15-5-4-6-16-28;1-20-17-21(2)29(22(3)18-20)33-19-28(32-30(33)26-15-9-10-16-27(26)31)25-14-8-7-13-24(25)23-11-5-4-6-12-23;1-15-9-8-13-18(16(15)2)23-17(3)26-22-14-7-6-11-20(22)19-10-4-5-12-21(19)24(26)25-23;1-14-6-4-8-16(12-14)18-13-21-11-5-9-15-7-2-3-10-17(15)19(21)20-18;;;;/h4-19,21-23H,1-3H3;4-14,16-19H,1-3H3;4-11,13-14H,1-3H3;2-4,6-8,12-13H,5,9,11H2,1H3;;;;/q4*-1;;;;. The Bertz CT molecular complexity index is 7210. The first-order valence-corrected chi connectivity index (χ1v) is 40.7. The van der Waals surface area contributed by atoms with Crippen LogP contribution >= 0.6 is 0 Å². The molecule has 0 atom stereocenters. The number of aromatic nitrogens is 9. The minimum Gasteiger partial charge on any atom is -0.370 e. The van der Waals surface area contributed by atoms with E-state index in [1.807, 2.05) is 59.3 Å². The van der Waals surface area contributed by atoms with Crippen LogP contribution in [0.5, 0.6) is 0 Å². The summed E-state index contributed by atoms with van der Waals surface area (Å²) in [6, 6.07) is 115. The van der Waals surface area contributed by atoms with E-state index in [0.717, 1.165) is 126 Å². The average Bonchev–Trinajstić information content (AvgIpc) is 1.59. The Morgan fingerprint density at radius 2 is 0.911 bits per heavy atom. The fourth-order valence-electron chi connectivity index (χ4n) is 17.4. The van der Waals surface area contributed by atoms with E-state index in [1.165, 1.54) is 106 Å². The van der Waals surface area contributed by atoms with E-state index >= 15 is 0 Å². The number of rotatable bonds is 10. The van der Waals surface area contributed by atoms with Crippen molar-refractivity contribution in [2.24, 2.45) is 0 Å². The molecule has 616 valence electrons. The summed E-state index contributed by atoms with van der Waals surface area (Å²) in [5, 5.41) is 5.92. The Labute approximate surface area is 772 Å². The van der Waals surface area contributed by atoms with E-state index in [4.69, 9.17) is 19.9 Å². The van der Waals surface area contributed by atoms with Crippen molar-refractivity contribution in [3.05, 3.63) is 407 Å². The van der Waals surface area contributed by atoms with Gasteiger partial charge in [-0.25, -0.2) is 0 Å². The smallest absolute Gasteiger partial charge is 0.0804 e. The topological polar surface area (TPSA) is 75.7 Å². The van der Waals surface area contributed by atoms with Crippen LogP contribution in [0.3, 0.4) is 0 Å². The molecule has 0 aliphatic carbocycles. The van der Waals surface area contributed by atoms with Gasteiger partial charge >= 0.3 is 0 Å². The van der Waals surface area contributed by atoms with Crippen LogP contribution < -0.4 is 0 Å². The Morgan fingerprint density at radius 3 is 1.63 bits per heavy atom. The number of fused-ring (bicyclic) bond motifs is 12. The zero-order chi connectivity index (χ0) is 81.5. The molecule has 123 heavy (non-hydrogen) atoms. The summed E-state index contributed by atoms with van der Waals surface area (Å²) in [6.45, 7) is 22.4. The van der Waals surface area contributed by atoms with E-state index in [2.05, 4.69) is 355 Å². The predicted octanol–water partition coefficient (Wildman–Crippen LogP) is 27.1. The van der Waals surface area contributed by atoms with Crippen molar-refractivity contribution >= 4 is 49.1 Å². The van der Waals surface area contributed by atoms with Gasteiger partial charge in [0.2, 0.25) is 0 Å². The van der Waals surface area contributed by atoms with Crippen LogP contribution in [-0.4, -0.2) is 42.6 Å². The van der Waals surface area contributed by atoms with Gasteiger partial charge in [-0.2, -0.15) is 0 Å². The number of pyridine rings is 1. The molecule has 1 aliphatic heterocycles. The summed E-state index contributed by atoms with van der Waals surface area (Å²) in [7, 11) is 0. The summed E-state index contributed by atoms with van der Waals surface area (Å²) >= 11 is 0. The summed E-state index contributed by atoms with van der Waals surface area (Å²) < 4.78 is 26.1. The number of benzene rings is 14. The van der Waals surface area contributed by atoms with Gasteiger partial charge in [0.15, 0.2) is 0 Å². The molecule has 14 heteroatoms. The molecule has 14 aromatic carbocycles. The zero-order valence-electron chi connectivity index (χ0n) is 69.9. The summed E-state index contributed by atoms with van der Waals surface area (Å²) in [4.78, 5) is 20.2. The molecule has 0 N–H and O–H groups in total. The van der Waals surface area contributed by atoms with Crippen LogP contribution in [0.25, 0.3) is 157 Å². The van der Waals surface area contributed by atoms with E-state index in [1.54, 1.807) is 12.1 Å². The van der Waals surface area contributed by atoms with Crippen LogP contribution in [-0.2, 0) is 93.4 Å². The second-order valence-electron chi connectivity index (χ2n) is 31.2. The molecule has 1 aliphatic rings. The third-order valence-corrected chi connectivity index (χ3v) is 23.2. The van der Waals surface area contributed by atoms with E-state index in [9.17, 15) is 4.39 Å². The van der Waals surface area contributed by atoms with Gasteiger partial charge in [-0.05, 0) is 172 Å². The van der Waals surface area contributed by atoms with E-state index < -0.39 is 0 Å². The van der Waals surface area contributed by atoms with Gasteiger partial charge < -0.3 is 22.7 Å². The molecular weight excluding hydrogens is 2220 g/mol. The molecule has 0 amide bonds. The number of hydrogen-bond donors (Lipinski definition) is 0. The maximum atomic E-state index is 14.9. The van der Waals surface area contributed by atoms with Crippen molar-refractivity contribution in [1.82, 2.24) is 42.6 Å². The Morgan fingerprint density at radius 1 is 0.366 bits per heavy atom. The molecule has 0 saturated heterocycles. The predicted molar refractivity (Wildman–Crippen MR) is 488 cm³/mol. The SMILES string of the molecule is Cc1cc(C)c(-n2cc(-c3ccccc3-c3ccccc3)nc2-c2[c-]cccc2F)c(C)c1.Cc1cccc(-c2cn3c(n2)-c2[c-]cccc2CCC3)c1.Cc1cccc(-c2nc3c4[c-]cccc4c4ccccc4n3c2C)c1C.Cc1ccccc1-c1cn(-c2c(C)cccc2C)c(-c2[c-]cc3c(c2)c2ccccc2n3-c2ccccc2)n1.[Ir].[Ir].[Ir].[Ir]. The third-order valence-electron chi connectivity index (χ3n) is 23.2. The summed E-state index contributed by atoms with van der Waals surface area (Å²) in [5.41, 5.74) is 34.4. The molecule has 0 bridgehead atoms. The minimum atomic E-state index is -0.338. The van der Waals surface area contributed by atoms with Gasteiger partial charge in [0, 0.05) is 167 Å². The van der Waals surface area contributed by atoms with Crippen molar-refractivity contribution in [1.29, 1.82) is 0 Å². The first-order valence-electron chi connectivity index (χ1n) is 40.7. The Kier molecular flexibility index (Phi) is 27.0. The fraction of sp³-hybridized carbons (Fsp3) is 0.119. The molecule has 7 heterocycles. The number of imidazole rings is 4. The van der Waals surface area contributed by atoms with Crippen LogP contribution in [0.2, 0.25) is 0 Å². The molecular formula is C109H88FIr4N9-4. The van der Waals surface area contributed by atoms with Gasteiger partial charge in [-0.3, -0.25) is 24.3 Å². The first kappa shape index (κ1) is 87.6. The first-order chi connectivity index (χ1) is 58.1. The molecule has 0 saturated carbocycles. The molecule has 9 nitrogen and oxygen atoms in total. The van der Waals surface area contributed by atoms with Gasteiger partial charge in [-0.1, -0.05) is 234 Å². The zero-order valence-corrected chi connectivity index (χ0v) is 79.5. The number of para-hydroxylation sites is 4. The molecule has 0 fully saturated rings. The van der Waals surface area contributed by atoms with Crippen LogP contribution in [0.15, 0.2) is 316 Å². The summed E-state index contributed by atoms with van der Waals surface area (Å²) in [6.07, 6.45) is 8.64. The van der Waals surface area contributed by atoms with Gasteiger partial charge in [0.1, 0.15) is 0 Å². The van der Waals surface area contributed by atoms with Crippen LogP contribution in [0.4, 0.5) is 4.39 Å². The van der Waals surface area contributed by atoms with Gasteiger partial charge in [-0.15, -0.1) is 113 Å². The second-order valence-corrected chi connectivity index (χ2v) is 31.2. The van der Waals surface area contributed by atoms with Crippen LogP contribution in [0.1, 0.15) is 67.7 Å². The molecule has 21 rings (SSSR count). The quantitative estimate of drug-likeness (QED) is 0.101. The molecule has 6 aromatic heterocycles. The largest absolute Gasteiger partial charge is 0.370 e. The number of nitrogens with zero attached hydrogens (tertiary/aromatic N) is 9. The number of halogens is 1. The molecule has 0 spiro atoms. The normalized spacial score (nSPS) is 11.3. The van der Waals surface area contributed by atoms with E-state index in [-0.39, 0.29) is 86.2 Å². The van der Waals surface area contributed by atoms with E-state index in [0.29, 0.717) is 11.4 Å². The molecule has 4 radical (unpaired) electrons. The Balaban J connectivity index is 0.000000135. The fourth-order valence-corrected chi connectivity index (χ4v) is 17.4. The molecule has 20 aromatic rings. The van der Waals surface area contributed by atoms with Crippen LogP contribution in [0, 0.1) is 99.3 Å². The van der Waals surface area contributed by atoms with Crippen molar-refractivity contribution in [2.75, 3.05) is 0 Å². The number of aryl methyl sites for hydroxylation is 11. The van der Waals surface area contributed by atoms with Crippen molar-refractivity contribution in [3.63, 3.8) is 0 Å². The van der Waals surface area contributed by atoms with Crippen molar-refractivity contribution in [2.45, 2.75) is 88.6 Å².